The second-order valence-corrected chi connectivity index (χ2v) is 6.14. The first-order valence-electron chi connectivity index (χ1n) is 8.01. The average Bonchev–Trinajstić information content (AvgIpc) is 2.94. The van der Waals surface area contributed by atoms with Crippen LogP contribution in [0, 0.1) is 18.4 Å². The molecule has 0 N–H and O–H groups in total. The summed E-state index contributed by atoms with van der Waals surface area (Å²) in [5.41, 5.74) is 3.27. The van der Waals surface area contributed by atoms with Crippen LogP contribution in [-0.4, -0.2) is 15.7 Å². The lowest BCUT2D eigenvalue weighted by Crippen LogP contribution is -2.06. The van der Waals surface area contributed by atoms with E-state index in [1.165, 1.54) is 6.20 Å². The summed E-state index contributed by atoms with van der Waals surface area (Å²) >= 11 is 0. The van der Waals surface area contributed by atoms with Gasteiger partial charge in [-0.25, -0.2) is 9.97 Å². The van der Waals surface area contributed by atoms with Gasteiger partial charge in [-0.3, -0.25) is 0 Å². The highest BCUT2D eigenvalue weighted by molar-refractivity contribution is 6.23. The molecule has 0 fully saturated rings. The van der Waals surface area contributed by atoms with Crippen molar-refractivity contribution in [2.75, 3.05) is 0 Å². The Morgan fingerprint density at radius 2 is 1.78 bits per heavy atom. The van der Waals surface area contributed by atoms with Gasteiger partial charge in [0.05, 0.1) is 23.1 Å². The fourth-order valence-corrected chi connectivity index (χ4v) is 3.17. The van der Waals surface area contributed by atoms with E-state index in [2.05, 4.69) is 15.0 Å². The summed E-state index contributed by atoms with van der Waals surface area (Å²) in [7, 11) is 0. The Morgan fingerprint density at radius 1 is 1.04 bits per heavy atom. The van der Waals surface area contributed by atoms with E-state index < -0.39 is 11.7 Å². The number of hydrogen-bond donors (Lipinski definition) is 0. The average molecular weight is 364 g/mol. The van der Waals surface area contributed by atoms with Crippen LogP contribution in [0.15, 0.2) is 53.7 Å². The molecule has 1 aliphatic carbocycles. The molecule has 0 unspecified atom stereocenters. The van der Waals surface area contributed by atoms with Crippen molar-refractivity contribution in [3.05, 3.63) is 71.0 Å². The molecule has 0 atom stereocenters. The molecular formula is C20H11F3N4. The zero-order valence-electron chi connectivity index (χ0n) is 14.0. The van der Waals surface area contributed by atoms with Crippen molar-refractivity contribution in [3.8, 4) is 28.7 Å². The third-order valence-corrected chi connectivity index (χ3v) is 4.30. The molecule has 1 aromatic heterocycles. The van der Waals surface area contributed by atoms with Crippen molar-refractivity contribution in [1.29, 1.82) is 5.26 Å². The van der Waals surface area contributed by atoms with Crippen LogP contribution in [0.4, 0.5) is 13.2 Å². The highest BCUT2D eigenvalue weighted by atomic mass is 19.4. The number of aryl methyl sites for hydroxylation is 1. The molecule has 1 heterocycles. The van der Waals surface area contributed by atoms with Gasteiger partial charge in [0.2, 0.25) is 6.19 Å². The third kappa shape index (κ3) is 2.85. The Kier molecular flexibility index (Phi) is 3.77. The number of nitriles is 1. The minimum absolute atomic E-state index is 0.330. The van der Waals surface area contributed by atoms with Crippen molar-refractivity contribution in [2.45, 2.75) is 13.1 Å². The lowest BCUT2D eigenvalue weighted by Gasteiger charge is -2.11. The number of halogens is 3. The standard InChI is InChI=1S/C20H11F3N4/c1-11-6-12(8-13(7-11)20(21,22)23)16-9-25-19-17(26-10-24)14-4-2-3-5-15(14)18(19)27-16/h2-9H,1H3/b26-17+. The number of rotatable bonds is 1. The van der Waals surface area contributed by atoms with Crippen LogP contribution in [-0.2, 0) is 6.18 Å². The number of aliphatic imine (C=N–C) groups is 1. The Labute approximate surface area is 152 Å². The molecule has 4 rings (SSSR count). The summed E-state index contributed by atoms with van der Waals surface area (Å²) in [5.74, 6) is 0. The van der Waals surface area contributed by atoms with Crippen molar-refractivity contribution in [3.63, 3.8) is 0 Å². The molecule has 0 spiro atoms. The fraction of sp³-hybridized carbons (Fsp3) is 0.100. The van der Waals surface area contributed by atoms with Crippen LogP contribution in [0.5, 0.6) is 0 Å². The molecule has 0 aliphatic heterocycles. The molecule has 0 bridgehead atoms. The van der Waals surface area contributed by atoms with Gasteiger partial charge in [-0.05, 0) is 30.7 Å². The van der Waals surface area contributed by atoms with Gasteiger partial charge in [-0.1, -0.05) is 24.3 Å². The van der Waals surface area contributed by atoms with Crippen LogP contribution >= 0.6 is 0 Å². The second-order valence-electron chi connectivity index (χ2n) is 6.14. The van der Waals surface area contributed by atoms with Gasteiger partial charge in [0.15, 0.2) is 0 Å². The summed E-state index contributed by atoms with van der Waals surface area (Å²) in [6.45, 7) is 1.60. The number of fused-ring (bicyclic) bond motifs is 3. The predicted octanol–water partition coefficient (Wildman–Crippen LogP) is 4.77. The predicted molar refractivity (Wildman–Crippen MR) is 93.9 cm³/mol. The quantitative estimate of drug-likeness (QED) is 0.457. The largest absolute Gasteiger partial charge is 0.416 e. The van der Waals surface area contributed by atoms with Crippen LogP contribution in [0.1, 0.15) is 22.4 Å². The van der Waals surface area contributed by atoms with E-state index in [1.54, 1.807) is 19.2 Å². The minimum Gasteiger partial charge on any atom is -0.250 e. The van der Waals surface area contributed by atoms with E-state index in [0.29, 0.717) is 33.9 Å². The van der Waals surface area contributed by atoms with Crippen LogP contribution in [0.2, 0.25) is 0 Å². The van der Waals surface area contributed by atoms with Crippen molar-refractivity contribution in [2.24, 2.45) is 4.99 Å². The third-order valence-electron chi connectivity index (χ3n) is 4.30. The molecule has 2 aromatic carbocycles. The molecule has 132 valence electrons. The van der Waals surface area contributed by atoms with Gasteiger partial charge >= 0.3 is 6.18 Å². The Bertz CT molecular complexity index is 1140. The summed E-state index contributed by atoms with van der Waals surface area (Å²) in [6.07, 6.45) is -1.27. The number of aromatic nitrogens is 2. The van der Waals surface area contributed by atoms with Gasteiger partial charge in [-0.15, -0.1) is 0 Å². The van der Waals surface area contributed by atoms with Crippen LogP contribution < -0.4 is 0 Å². The van der Waals surface area contributed by atoms with Crippen molar-refractivity contribution in [1.82, 2.24) is 9.97 Å². The molecular weight excluding hydrogens is 353 g/mol. The molecule has 1 aliphatic rings. The minimum atomic E-state index is -4.44. The number of benzene rings is 2. The normalized spacial score (nSPS) is 14.0. The number of nitrogens with zero attached hydrogens (tertiary/aromatic N) is 4. The van der Waals surface area contributed by atoms with Gasteiger partial charge < -0.3 is 0 Å². The first-order valence-corrected chi connectivity index (χ1v) is 8.01. The second kappa shape index (κ2) is 6.02. The van der Waals surface area contributed by atoms with Crippen molar-refractivity contribution < 1.29 is 13.2 Å². The summed E-state index contributed by atoms with van der Waals surface area (Å²) in [4.78, 5) is 12.7. The highest BCUT2D eigenvalue weighted by Crippen LogP contribution is 2.37. The lowest BCUT2D eigenvalue weighted by atomic mass is 10.0. The smallest absolute Gasteiger partial charge is 0.250 e. The first-order chi connectivity index (χ1) is 12.9. The molecule has 27 heavy (non-hydrogen) atoms. The SMILES string of the molecule is Cc1cc(-c2cnc3c(n2)-c2ccccc2/C3=N\C#N)cc(C(F)(F)F)c1. The molecule has 4 nitrogen and oxygen atoms in total. The number of alkyl halides is 3. The molecule has 7 heteroatoms. The molecule has 0 amide bonds. The highest BCUT2D eigenvalue weighted by Gasteiger charge is 2.32. The first kappa shape index (κ1) is 16.9. The monoisotopic (exact) mass is 364 g/mol. The van der Waals surface area contributed by atoms with E-state index in [-0.39, 0.29) is 0 Å². The summed E-state index contributed by atoms with van der Waals surface area (Å²) in [5, 5.41) is 8.96. The Hall–Kier alpha value is -3.53. The summed E-state index contributed by atoms with van der Waals surface area (Å²) in [6, 6.07) is 11.1. The maximum absolute atomic E-state index is 13.1. The summed E-state index contributed by atoms with van der Waals surface area (Å²) < 4.78 is 39.4. The molecule has 0 saturated carbocycles. The zero-order chi connectivity index (χ0) is 19.2. The van der Waals surface area contributed by atoms with E-state index in [1.807, 2.05) is 24.3 Å². The Morgan fingerprint density at radius 3 is 2.48 bits per heavy atom. The van der Waals surface area contributed by atoms with Gasteiger partial charge in [0.25, 0.3) is 0 Å². The van der Waals surface area contributed by atoms with Gasteiger partial charge in [-0.2, -0.15) is 23.4 Å². The van der Waals surface area contributed by atoms with Gasteiger partial charge in [0.1, 0.15) is 11.4 Å². The fourth-order valence-electron chi connectivity index (χ4n) is 3.17. The molecule has 0 saturated heterocycles. The molecule has 0 radical (unpaired) electrons. The lowest BCUT2D eigenvalue weighted by molar-refractivity contribution is -0.137. The van der Waals surface area contributed by atoms with Crippen molar-refractivity contribution >= 4 is 5.71 Å². The zero-order valence-corrected chi connectivity index (χ0v) is 14.0. The maximum atomic E-state index is 13.1. The Balaban J connectivity index is 1.91. The van der Waals surface area contributed by atoms with Gasteiger partial charge in [0, 0.05) is 16.7 Å². The van der Waals surface area contributed by atoms with E-state index in [9.17, 15) is 13.2 Å². The van der Waals surface area contributed by atoms with E-state index in [0.717, 1.165) is 23.3 Å². The van der Waals surface area contributed by atoms with Crippen LogP contribution in [0.3, 0.4) is 0 Å². The molecule has 3 aromatic rings. The van der Waals surface area contributed by atoms with E-state index >= 15 is 0 Å². The van der Waals surface area contributed by atoms with Crippen LogP contribution in [0.25, 0.3) is 22.5 Å². The van der Waals surface area contributed by atoms with E-state index in [4.69, 9.17) is 5.26 Å². The number of hydrogen-bond acceptors (Lipinski definition) is 4. The topological polar surface area (TPSA) is 61.9 Å². The maximum Gasteiger partial charge on any atom is 0.416 e.